The number of hydrogen-bond donors (Lipinski definition) is 1. The standard InChI is InChI=1S/C21H17N3S.ClH/c22-21-23-20(18-9-5-2-6-10-18)24(25-21)19-13-11-17(12-14-19)15-16-7-3-1-4-8-16;/h1-14,22H,15H2;1H. The lowest BCUT2D eigenvalue weighted by molar-refractivity contribution is -0.509. The van der Waals surface area contributed by atoms with Crippen molar-refractivity contribution in [3.63, 3.8) is 0 Å². The van der Waals surface area contributed by atoms with E-state index in [1.54, 1.807) is 0 Å². The maximum atomic E-state index is 5.97. The first-order valence-electron chi connectivity index (χ1n) is 8.17. The fourth-order valence-corrected chi connectivity index (χ4v) is 3.61. The average molecular weight is 380 g/mol. The van der Waals surface area contributed by atoms with Crippen LogP contribution in [0.2, 0.25) is 0 Å². The highest BCUT2D eigenvalue weighted by molar-refractivity contribution is 7.05. The zero-order chi connectivity index (χ0) is 17.1. The molecule has 130 valence electrons. The summed E-state index contributed by atoms with van der Waals surface area (Å²) in [5, 5.41) is 0.562. The van der Waals surface area contributed by atoms with Crippen LogP contribution in [0.3, 0.4) is 0 Å². The molecule has 0 aliphatic carbocycles. The zero-order valence-electron chi connectivity index (χ0n) is 14.0. The van der Waals surface area contributed by atoms with Gasteiger partial charge in [-0.1, -0.05) is 60.7 Å². The quantitative estimate of drug-likeness (QED) is 0.542. The Morgan fingerprint density at radius 3 is 2.00 bits per heavy atom. The molecule has 0 unspecified atom stereocenters. The van der Waals surface area contributed by atoms with Gasteiger partial charge in [-0.15, -0.1) is 3.96 Å². The van der Waals surface area contributed by atoms with Gasteiger partial charge in [0.1, 0.15) is 17.2 Å². The third kappa shape index (κ3) is 3.93. The molecule has 3 aromatic carbocycles. The van der Waals surface area contributed by atoms with Gasteiger partial charge < -0.3 is 18.1 Å². The molecular formula is C21H18ClN3S. The molecule has 5 heteroatoms. The normalized spacial score (nSPS) is 10.3. The number of halogens is 1. The highest BCUT2D eigenvalue weighted by atomic mass is 35.5. The first-order chi connectivity index (χ1) is 12.3. The van der Waals surface area contributed by atoms with Crippen LogP contribution in [-0.4, -0.2) is 4.98 Å². The lowest BCUT2D eigenvalue weighted by atomic mass is 10.0. The van der Waals surface area contributed by atoms with Crippen molar-refractivity contribution >= 4 is 16.7 Å². The molecule has 0 saturated heterocycles. The average Bonchev–Trinajstić information content (AvgIpc) is 3.06. The number of nitrogen functional groups attached to an aromatic ring is 1. The molecule has 0 spiro atoms. The predicted octanol–water partition coefficient (Wildman–Crippen LogP) is 1.26. The maximum absolute atomic E-state index is 5.97. The molecule has 1 aromatic heterocycles. The molecule has 0 saturated carbocycles. The van der Waals surface area contributed by atoms with Crippen LogP contribution in [-0.2, 0) is 6.42 Å². The minimum atomic E-state index is 0. The highest BCUT2D eigenvalue weighted by Gasteiger charge is 2.22. The Morgan fingerprint density at radius 2 is 1.35 bits per heavy atom. The first kappa shape index (κ1) is 18.1. The van der Waals surface area contributed by atoms with Crippen LogP contribution in [0.5, 0.6) is 0 Å². The summed E-state index contributed by atoms with van der Waals surface area (Å²) in [6, 6.07) is 29.2. The summed E-state index contributed by atoms with van der Waals surface area (Å²) in [6.07, 6.45) is 0.933. The van der Waals surface area contributed by atoms with E-state index in [0.717, 1.165) is 23.5 Å². The summed E-state index contributed by atoms with van der Waals surface area (Å²) in [4.78, 5) is 4.51. The molecule has 1 heterocycles. The molecule has 0 amide bonds. The van der Waals surface area contributed by atoms with Crippen molar-refractivity contribution in [3.8, 4) is 17.1 Å². The highest BCUT2D eigenvalue weighted by Crippen LogP contribution is 2.20. The molecule has 3 nitrogen and oxygen atoms in total. The summed E-state index contributed by atoms with van der Waals surface area (Å²) in [5.41, 5.74) is 10.7. The van der Waals surface area contributed by atoms with Gasteiger partial charge in [0.15, 0.2) is 0 Å². The van der Waals surface area contributed by atoms with E-state index in [4.69, 9.17) is 5.73 Å². The summed E-state index contributed by atoms with van der Waals surface area (Å²) < 4.78 is 2.08. The van der Waals surface area contributed by atoms with E-state index in [2.05, 4.69) is 69.6 Å². The van der Waals surface area contributed by atoms with Crippen molar-refractivity contribution in [3.05, 3.63) is 96.1 Å². The molecule has 0 atom stereocenters. The Balaban J connectivity index is 0.00000196. The van der Waals surface area contributed by atoms with Gasteiger partial charge in [0.25, 0.3) is 0 Å². The molecular weight excluding hydrogens is 362 g/mol. The number of hydrogen-bond acceptors (Lipinski definition) is 3. The monoisotopic (exact) mass is 379 g/mol. The van der Waals surface area contributed by atoms with Crippen molar-refractivity contribution in [2.45, 2.75) is 6.42 Å². The molecule has 2 N–H and O–H groups in total. The van der Waals surface area contributed by atoms with Crippen LogP contribution in [0.15, 0.2) is 84.9 Å². The van der Waals surface area contributed by atoms with E-state index in [0.29, 0.717) is 5.13 Å². The van der Waals surface area contributed by atoms with E-state index in [9.17, 15) is 0 Å². The number of nitrogens with two attached hydrogens (primary N) is 1. The second-order valence-corrected chi connectivity index (χ2v) is 6.82. The van der Waals surface area contributed by atoms with E-state index < -0.39 is 0 Å². The van der Waals surface area contributed by atoms with Crippen LogP contribution in [0.25, 0.3) is 17.1 Å². The van der Waals surface area contributed by atoms with E-state index in [1.165, 1.54) is 22.7 Å². The van der Waals surface area contributed by atoms with Crippen molar-refractivity contribution in [1.82, 2.24) is 4.98 Å². The second kappa shape index (κ2) is 8.13. The third-order valence-corrected chi connectivity index (χ3v) is 4.89. The molecule has 0 aliphatic heterocycles. The van der Waals surface area contributed by atoms with Crippen LogP contribution in [0.1, 0.15) is 11.1 Å². The van der Waals surface area contributed by atoms with E-state index in [1.807, 2.05) is 24.3 Å². The zero-order valence-corrected chi connectivity index (χ0v) is 15.6. The van der Waals surface area contributed by atoms with Gasteiger partial charge in [-0.25, -0.2) is 0 Å². The fraction of sp³-hybridized carbons (Fsp3) is 0.0476. The number of rotatable bonds is 4. The van der Waals surface area contributed by atoms with Gasteiger partial charge in [-0.05, 0) is 46.8 Å². The van der Waals surface area contributed by atoms with Crippen molar-refractivity contribution in [2.24, 2.45) is 0 Å². The fourth-order valence-electron chi connectivity index (χ4n) is 2.83. The summed E-state index contributed by atoms with van der Waals surface area (Å²) >= 11 is 1.46. The van der Waals surface area contributed by atoms with Crippen molar-refractivity contribution in [2.75, 3.05) is 5.73 Å². The Bertz CT molecular complexity index is 967. The number of anilines is 1. The Labute approximate surface area is 163 Å². The Kier molecular flexibility index (Phi) is 5.66. The Hall–Kier alpha value is -2.69. The number of aromatic nitrogens is 2. The minimum absolute atomic E-state index is 0. The van der Waals surface area contributed by atoms with E-state index >= 15 is 0 Å². The molecule has 0 bridgehead atoms. The molecule has 0 fully saturated rings. The summed E-state index contributed by atoms with van der Waals surface area (Å²) in [7, 11) is 0. The minimum Gasteiger partial charge on any atom is -1.00 e. The molecule has 0 aliphatic rings. The lowest BCUT2D eigenvalue weighted by Gasteiger charge is -2.03. The van der Waals surface area contributed by atoms with Gasteiger partial charge >= 0.3 is 11.0 Å². The van der Waals surface area contributed by atoms with Crippen LogP contribution < -0.4 is 22.1 Å². The van der Waals surface area contributed by atoms with Crippen LogP contribution in [0, 0.1) is 0 Å². The Morgan fingerprint density at radius 1 is 0.769 bits per heavy atom. The summed E-state index contributed by atoms with van der Waals surface area (Å²) in [5.74, 6) is 0.874. The smallest absolute Gasteiger partial charge is 0.350 e. The number of nitrogens with zero attached hydrogens (tertiary/aromatic N) is 2. The van der Waals surface area contributed by atoms with Gasteiger partial charge in [0.2, 0.25) is 0 Å². The van der Waals surface area contributed by atoms with Gasteiger partial charge in [-0.2, -0.15) is 0 Å². The largest absolute Gasteiger partial charge is 1.00 e. The molecule has 0 radical (unpaired) electrons. The van der Waals surface area contributed by atoms with E-state index in [-0.39, 0.29) is 12.4 Å². The van der Waals surface area contributed by atoms with Gasteiger partial charge in [0.05, 0.1) is 5.56 Å². The van der Waals surface area contributed by atoms with Gasteiger partial charge in [0, 0.05) is 0 Å². The molecule has 26 heavy (non-hydrogen) atoms. The topological polar surface area (TPSA) is 42.8 Å². The number of benzene rings is 3. The van der Waals surface area contributed by atoms with Crippen molar-refractivity contribution < 1.29 is 16.4 Å². The third-order valence-electron chi connectivity index (χ3n) is 4.05. The lowest BCUT2D eigenvalue weighted by Crippen LogP contribution is -3.00. The summed E-state index contributed by atoms with van der Waals surface area (Å²) in [6.45, 7) is 0. The van der Waals surface area contributed by atoms with Crippen molar-refractivity contribution in [1.29, 1.82) is 0 Å². The molecule has 4 rings (SSSR count). The predicted molar refractivity (Wildman–Crippen MR) is 103 cm³/mol. The second-order valence-electron chi connectivity index (χ2n) is 5.85. The van der Waals surface area contributed by atoms with Crippen LogP contribution in [0.4, 0.5) is 5.13 Å². The first-order valence-corrected chi connectivity index (χ1v) is 8.94. The molecule has 4 aromatic rings. The van der Waals surface area contributed by atoms with Crippen LogP contribution >= 0.6 is 11.5 Å². The maximum Gasteiger partial charge on any atom is 0.350 e. The SMILES string of the molecule is Nc1nc(-c2ccccc2)[n+](-c2ccc(Cc3ccccc3)cc2)s1.[Cl-]. The van der Waals surface area contributed by atoms with Gasteiger partial charge in [-0.3, -0.25) is 0 Å².